The minimum Gasteiger partial charge on any atom is -0.366 e. The second-order valence-corrected chi connectivity index (χ2v) is 4.06. The molecule has 16 heavy (non-hydrogen) atoms. The lowest BCUT2D eigenvalue weighted by molar-refractivity contribution is -0.177. The minimum absolute atomic E-state index is 0.102. The normalized spacial score (nSPS) is 12.1. The number of hydrogen-bond donors (Lipinski definition) is 0. The van der Waals surface area contributed by atoms with E-state index in [1.807, 2.05) is 6.92 Å². The summed E-state index contributed by atoms with van der Waals surface area (Å²) >= 11 is 3.28. The Kier molecular flexibility index (Phi) is 4.37. The highest BCUT2D eigenvalue weighted by molar-refractivity contribution is 9.10. The van der Waals surface area contributed by atoms with Gasteiger partial charge in [0.15, 0.2) is 0 Å². The van der Waals surface area contributed by atoms with E-state index in [1.54, 1.807) is 11.6 Å². The summed E-state index contributed by atoms with van der Waals surface area (Å²) in [5.41, 5.74) is 1.37. The molecule has 0 saturated carbocycles. The molecule has 0 saturated heterocycles. The van der Waals surface area contributed by atoms with Gasteiger partial charge in [-0.15, -0.1) is 0 Å². The van der Waals surface area contributed by atoms with Crippen molar-refractivity contribution in [3.05, 3.63) is 15.9 Å². The minimum atomic E-state index is -4.29. The van der Waals surface area contributed by atoms with Crippen molar-refractivity contribution < 1.29 is 17.9 Å². The first kappa shape index (κ1) is 13.5. The molecule has 0 aliphatic rings. The first-order valence-electron chi connectivity index (χ1n) is 4.71. The monoisotopic (exact) mass is 300 g/mol. The molecule has 0 aliphatic carbocycles. The van der Waals surface area contributed by atoms with Gasteiger partial charge in [-0.25, -0.2) is 0 Å². The van der Waals surface area contributed by atoms with Crippen LogP contribution in [0.15, 0.2) is 4.47 Å². The zero-order valence-corrected chi connectivity index (χ0v) is 10.5. The number of alkyl halides is 3. The van der Waals surface area contributed by atoms with Crippen LogP contribution in [0.1, 0.15) is 18.3 Å². The first-order valence-corrected chi connectivity index (χ1v) is 5.50. The zero-order valence-electron chi connectivity index (χ0n) is 8.94. The van der Waals surface area contributed by atoms with Crippen molar-refractivity contribution in [3.63, 3.8) is 0 Å². The van der Waals surface area contributed by atoms with E-state index in [9.17, 15) is 13.2 Å². The molecule has 0 radical (unpaired) electrons. The maximum Gasteiger partial charge on any atom is 0.411 e. The maximum absolute atomic E-state index is 11.9. The molecule has 0 aromatic carbocycles. The van der Waals surface area contributed by atoms with Gasteiger partial charge in [-0.1, -0.05) is 0 Å². The smallest absolute Gasteiger partial charge is 0.366 e. The topological polar surface area (TPSA) is 27.1 Å². The average molecular weight is 301 g/mol. The SMILES string of the molecule is CCn1nc(C)c(Br)c1COCC(F)(F)F. The molecule has 92 valence electrons. The third kappa shape index (κ3) is 3.48. The van der Waals surface area contributed by atoms with Crippen LogP contribution in [0.2, 0.25) is 0 Å². The highest BCUT2D eigenvalue weighted by Crippen LogP contribution is 2.23. The van der Waals surface area contributed by atoms with Crippen molar-refractivity contribution in [1.82, 2.24) is 9.78 Å². The quantitative estimate of drug-likeness (QED) is 0.854. The van der Waals surface area contributed by atoms with Gasteiger partial charge in [-0.05, 0) is 29.8 Å². The van der Waals surface area contributed by atoms with Gasteiger partial charge in [-0.2, -0.15) is 18.3 Å². The summed E-state index contributed by atoms with van der Waals surface area (Å²) < 4.78 is 42.6. The molecule has 0 atom stereocenters. The van der Waals surface area contributed by atoms with Gasteiger partial charge in [0.25, 0.3) is 0 Å². The largest absolute Gasteiger partial charge is 0.411 e. The second kappa shape index (κ2) is 5.18. The molecular weight excluding hydrogens is 289 g/mol. The Labute approximate surface area is 99.7 Å². The van der Waals surface area contributed by atoms with E-state index in [2.05, 4.69) is 25.8 Å². The third-order valence-corrected chi connectivity index (χ3v) is 2.99. The van der Waals surface area contributed by atoms with E-state index < -0.39 is 12.8 Å². The Balaban J connectivity index is 2.66. The molecule has 7 heteroatoms. The fourth-order valence-corrected chi connectivity index (χ4v) is 1.67. The van der Waals surface area contributed by atoms with Crippen molar-refractivity contribution in [2.75, 3.05) is 6.61 Å². The van der Waals surface area contributed by atoms with E-state index in [0.717, 1.165) is 5.69 Å². The molecule has 0 aliphatic heterocycles. The van der Waals surface area contributed by atoms with Gasteiger partial charge in [0.1, 0.15) is 6.61 Å². The Hall–Kier alpha value is -0.560. The van der Waals surface area contributed by atoms with Gasteiger partial charge in [0, 0.05) is 6.54 Å². The number of aryl methyl sites for hydroxylation is 2. The van der Waals surface area contributed by atoms with Crippen LogP contribution in [0.5, 0.6) is 0 Å². The van der Waals surface area contributed by atoms with Crippen LogP contribution in [0.4, 0.5) is 13.2 Å². The average Bonchev–Trinajstić information content (AvgIpc) is 2.43. The molecule has 1 rings (SSSR count). The zero-order chi connectivity index (χ0) is 12.3. The summed E-state index contributed by atoms with van der Waals surface area (Å²) in [6.07, 6.45) is -4.29. The molecule has 1 heterocycles. The van der Waals surface area contributed by atoms with Gasteiger partial charge in [0.2, 0.25) is 0 Å². The lowest BCUT2D eigenvalue weighted by Crippen LogP contribution is -2.17. The molecule has 0 N–H and O–H groups in total. The predicted molar refractivity (Wildman–Crippen MR) is 56.0 cm³/mol. The molecule has 1 aromatic rings. The molecule has 0 amide bonds. The van der Waals surface area contributed by atoms with E-state index >= 15 is 0 Å². The van der Waals surface area contributed by atoms with E-state index in [1.165, 1.54) is 0 Å². The number of nitrogens with zero attached hydrogens (tertiary/aromatic N) is 2. The number of hydrogen-bond acceptors (Lipinski definition) is 2. The fraction of sp³-hybridized carbons (Fsp3) is 0.667. The van der Waals surface area contributed by atoms with Crippen molar-refractivity contribution in [2.24, 2.45) is 0 Å². The van der Waals surface area contributed by atoms with Gasteiger partial charge in [0.05, 0.1) is 22.5 Å². The van der Waals surface area contributed by atoms with E-state index in [0.29, 0.717) is 16.7 Å². The van der Waals surface area contributed by atoms with Crippen LogP contribution in [0.25, 0.3) is 0 Å². The summed E-state index contributed by atoms with van der Waals surface area (Å²) in [5, 5.41) is 4.15. The first-order chi connectivity index (χ1) is 7.35. The molecular formula is C9H12BrF3N2O. The summed E-state index contributed by atoms with van der Waals surface area (Å²) in [6, 6.07) is 0. The standard InChI is InChI=1S/C9H12BrF3N2O/c1-3-15-7(8(10)6(2)14-15)4-16-5-9(11,12)13/h3-5H2,1-2H3. The van der Waals surface area contributed by atoms with Gasteiger partial charge < -0.3 is 4.74 Å². The summed E-state index contributed by atoms with van der Waals surface area (Å²) in [6.45, 7) is 2.90. The van der Waals surface area contributed by atoms with Crippen molar-refractivity contribution in [1.29, 1.82) is 0 Å². The van der Waals surface area contributed by atoms with Crippen LogP contribution in [0.3, 0.4) is 0 Å². The van der Waals surface area contributed by atoms with Gasteiger partial charge >= 0.3 is 6.18 Å². The highest BCUT2D eigenvalue weighted by Gasteiger charge is 2.27. The van der Waals surface area contributed by atoms with Crippen LogP contribution < -0.4 is 0 Å². The molecule has 3 nitrogen and oxygen atoms in total. The Bertz CT molecular complexity index is 362. The van der Waals surface area contributed by atoms with Crippen LogP contribution in [0, 0.1) is 6.92 Å². The van der Waals surface area contributed by atoms with Crippen LogP contribution >= 0.6 is 15.9 Å². The van der Waals surface area contributed by atoms with Crippen LogP contribution in [-0.2, 0) is 17.9 Å². The predicted octanol–water partition coefficient (Wildman–Crippen LogP) is 3.05. The number of rotatable bonds is 4. The van der Waals surface area contributed by atoms with E-state index in [-0.39, 0.29) is 6.61 Å². The van der Waals surface area contributed by atoms with Crippen LogP contribution in [-0.4, -0.2) is 22.6 Å². The third-order valence-electron chi connectivity index (χ3n) is 1.96. The number of halogens is 4. The molecule has 0 spiro atoms. The molecule has 0 unspecified atom stereocenters. The lowest BCUT2D eigenvalue weighted by Gasteiger charge is -2.09. The van der Waals surface area contributed by atoms with Crippen molar-refractivity contribution in [3.8, 4) is 0 Å². The van der Waals surface area contributed by atoms with Crippen molar-refractivity contribution >= 4 is 15.9 Å². The Morgan fingerprint density at radius 1 is 1.44 bits per heavy atom. The molecule has 0 fully saturated rings. The van der Waals surface area contributed by atoms with Crippen molar-refractivity contribution in [2.45, 2.75) is 33.2 Å². The second-order valence-electron chi connectivity index (χ2n) is 3.27. The number of ether oxygens (including phenoxy) is 1. The fourth-order valence-electron chi connectivity index (χ4n) is 1.27. The summed E-state index contributed by atoms with van der Waals surface area (Å²) in [5.74, 6) is 0. The molecule has 1 aromatic heterocycles. The molecule has 0 bridgehead atoms. The lowest BCUT2D eigenvalue weighted by atomic mass is 10.4. The Morgan fingerprint density at radius 3 is 2.56 bits per heavy atom. The highest BCUT2D eigenvalue weighted by atomic mass is 79.9. The van der Waals surface area contributed by atoms with Gasteiger partial charge in [-0.3, -0.25) is 4.68 Å². The maximum atomic E-state index is 11.9. The summed E-state index contributed by atoms with van der Waals surface area (Å²) in [4.78, 5) is 0. The number of aromatic nitrogens is 2. The van der Waals surface area contributed by atoms with E-state index in [4.69, 9.17) is 0 Å². The Morgan fingerprint density at radius 2 is 2.06 bits per heavy atom. The summed E-state index contributed by atoms with van der Waals surface area (Å²) in [7, 11) is 0.